The Hall–Kier alpha value is -1.93. The van der Waals surface area contributed by atoms with Crippen LogP contribution in [0.25, 0.3) is 0 Å². The SMILES string of the molecule is CCN(C(=O)COC(=O)c1cccc(S(=O)(=O)NC2CC2)c1)C1CCCCC1. The zero-order valence-corrected chi connectivity index (χ0v) is 17.0. The molecule has 1 N–H and O–H groups in total. The average molecular weight is 409 g/mol. The van der Waals surface area contributed by atoms with Crippen molar-refractivity contribution >= 4 is 21.9 Å². The van der Waals surface area contributed by atoms with Crippen LogP contribution in [0.3, 0.4) is 0 Å². The molecule has 1 amide bonds. The maximum atomic E-state index is 12.5. The molecule has 2 saturated carbocycles. The Balaban J connectivity index is 1.59. The fourth-order valence-corrected chi connectivity index (χ4v) is 4.95. The third kappa shape index (κ3) is 5.32. The van der Waals surface area contributed by atoms with E-state index < -0.39 is 16.0 Å². The first-order valence-electron chi connectivity index (χ1n) is 9.99. The lowest BCUT2D eigenvalue weighted by molar-refractivity contribution is -0.137. The Labute approximate surface area is 166 Å². The van der Waals surface area contributed by atoms with Gasteiger partial charge in [-0.1, -0.05) is 25.3 Å². The number of hydrogen-bond acceptors (Lipinski definition) is 5. The summed E-state index contributed by atoms with van der Waals surface area (Å²) < 4.78 is 32.4. The monoisotopic (exact) mass is 408 g/mol. The van der Waals surface area contributed by atoms with Gasteiger partial charge in [0, 0.05) is 18.6 Å². The highest BCUT2D eigenvalue weighted by Crippen LogP contribution is 2.23. The number of rotatable bonds is 8. The molecule has 2 aliphatic carbocycles. The van der Waals surface area contributed by atoms with E-state index in [4.69, 9.17) is 4.74 Å². The predicted octanol–water partition coefficient (Wildman–Crippen LogP) is 2.47. The van der Waals surface area contributed by atoms with Gasteiger partial charge in [0.2, 0.25) is 10.0 Å². The summed E-state index contributed by atoms with van der Waals surface area (Å²) in [6, 6.07) is 5.91. The molecule has 0 unspecified atom stereocenters. The van der Waals surface area contributed by atoms with Gasteiger partial charge in [-0.3, -0.25) is 4.79 Å². The molecule has 3 rings (SSSR count). The lowest BCUT2D eigenvalue weighted by Crippen LogP contribution is -2.43. The molecule has 0 aromatic heterocycles. The molecule has 8 heteroatoms. The molecule has 0 heterocycles. The highest BCUT2D eigenvalue weighted by molar-refractivity contribution is 7.89. The van der Waals surface area contributed by atoms with Crippen LogP contribution in [0.1, 0.15) is 62.2 Å². The molecule has 154 valence electrons. The van der Waals surface area contributed by atoms with Crippen molar-refractivity contribution in [2.75, 3.05) is 13.2 Å². The minimum atomic E-state index is -3.65. The van der Waals surface area contributed by atoms with Crippen LogP contribution in [-0.2, 0) is 19.6 Å². The van der Waals surface area contributed by atoms with Crippen LogP contribution in [0.15, 0.2) is 29.2 Å². The number of benzene rings is 1. The fraction of sp³-hybridized carbons (Fsp3) is 0.600. The topological polar surface area (TPSA) is 92.8 Å². The second-order valence-electron chi connectivity index (χ2n) is 7.47. The zero-order chi connectivity index (χ0) is 20.1. The number of nitrogens with zero attached hydrogens (tertiary/aromatic N) is 1. The van der Waals surface area contributed by atoms with Crippen LogP contribution in [-0.4, -0.2) is 50.4 Å². The zero-order valence-electron chi connectivity index (χ0n) is 16.2. The number of amides is 1. The molecule has 1 aromatic carbocycles. The van der Waals surface area contributed by atoms with Crippen molar-refractivity contribution in [1.29, 1.82) is 0 Å². The summed E-state index contributed by atoms with van der Waals surface area (Å²) >= 11 is 0. The van der Waals surface area contributed by atoms with E-state index in [1.807, 2.05) is 6.92 Å². The molecule has 28 heavy (non-hydrogen) atoms. The summed E-state index contributed by atoms with van der Waals surface area (Å²) in [5.41, 5.74) is 0.118. The lowest BCUT2D eigenvalue weighted by Gasteiger charge is -2.33. The maximum Gasteiger partial charge on any atom is 0.338 e. The van der Waals surface area contributed by atoms with Gasteiger partial charge in [-0.25, -0.2) is 17.9 Å². The third-order valence-corrected chi connectivity index (χ3v) is 6.80. The van der Waals surface area contributed by atoms with Crippen molar-refractivity contribution in [2.24, 2.45) is 0 Å². The summed E-state index contributed by atoms with van der Waals surface area (Å²) in [5.74, 6) is -0.904. The quantitative estimate of drug-likeness (QED) is 0.667. The highest BCUT2D eigenvalue weighted by atomic mass is 32.2. The first-order valence-corrected chi connectivity index (χ1v) is 11.5. The van der Waals surface area contributed by atoms with Crippen LogP contribution in [0.5, 0.6) is 0 Å². The van der Waals surface area contributed by atoms with Crippen LogP contribution in [0, 0.1) is 0 Å². The molecule has 0 radical (unpaired) electrons. The molecular weight excluding hydrogens is 380 g/mol. The molecule has 2 fully saturated rings. The Kier molecular flexibility index (Phi) is 6.72. The average Bonchev–Trinajstić information content (AvgIpc) is 3.51. The van der Waals surface area contributed by atoms with Gasteiger partial charge in [-0.05, 0) is 50.8 Å². The number of likely N-dealkylation sites (N-methyl/N-ethyl adjacent to an activating group) is 1. The Morgan fingerprint density at radius 1 is 1.14 bits per heavy atom. The van der Waals surface area contributed by atoms with Gasteiger partial charge in [0.25, 0.3) is 5.91 Å². The summed E-state index contributed by atoms with van der Waals surface area (Å²) in [4.78, 5) is 26.7. The number of hydrogen-bond donors (Lipinski definition) is 1. The summed E-state index contributed by atoms with van der Waals surface area (Å²) in [5, 5.41) is 0. The van der Waals surface area contributed by atoms with Crippen LogP contribution in [0.2, 0.25) is 0 Å². The first-order chi connectivity index (χ1) is 13.4. The first kappa shape index (κ1) is 20.8. The van der Waals surface area contributed by atoms with Gasteiger partial charge in [0.05, 0.1) is 10.5 Å². The molecule has 0 spiro atoms. The second-order valence-corrected chi connectivity index (χ2v) is 9.19. The van der Waals surface area contributed by atoms with Gasteiger partial charge in [-0.15, -0.1) is 0 Å². The molecule has 0 aliphatic heterocycles. The molecule has 0 atom stereocenters. The van der Waals surface area contributed by atoms with Crippen LogP contribution < -0.4 is 4.72 Å². The van der Waals surface area contributed by atoms with Gasteiger partial charge in [0.1, 0.15) is 0 Å². The Morgan fingerprint density at radius 2 is 1.86 bits per heavy atom. The van der Waals surface area contributed by atoms with E-state index in [9.17, 15) is 18.0 Å². The van der Waals surface area contributed by atoms with Gasteiger partial charge in [0.15, 0.2) is 6.61 Å². The third-order valence-electron chi connectivity index (χ3n) is 5.28. The van der Waals surface area contributed by atoms with E-state index in [1.54, 1.807) is 4.90 Å². The van der Waals surface area contributed by atoms with Crippen molar-refractivity contribution < 1.29 is 22.7 Å². The van der Waals surface area contributed by atoms with E-state index in [0.717, 1.165) is 38.5 Å². The van der Waals surface area contributed by atoms with Gasteiger partial charge in [-0.2, -0.15) is 0 Å². The summed E-state index contributed by atoms with van der Waals surface area (Å²) in [7, 11) is -3.65. The van der Waals surface area contributed by atoms with Crippen LogP contribution >= 0.6 is 0 Å². The molecule has 1 aromatic rings. The number of ether oxygens (including phenoxy) is 1. The van der Waals surface area contributed by atoms with Crippen molar-refractivity contribution in [1.82, 2.24) is 9.62 Å². The lowest BCUT2D eigenvalue weighted by atomic mass is 9.94. The number of esters is 1. The molecule has 7 nitrogen and oxygen atoms in total. The van der Waals surface area contributed by atoms with Crippen molar-refractivity contribution in [3.8, 4) is 0 Å². The Bertz CT molecular complexity index is 814. The minimum Gasteiger partial charge on any atom is -0.452 e. The molecule has 0 bridgehead atoms. The highest BCUT2D eigenvalue weighted by Gasteiger charge is 2.29. The van der Waals surface area contributed by atoms with Gasteiger partial charge >= 0.3 is 5.97 Å². The van der Waals surface area contributed by atoms with E-state index >= 15 is 0 Å². The number of carbonyl (C=O) groups is 2. The fourth-order valence-electron chi connectivity index (χ4n) is 3.60. The molecule has 0 saturated heterocycles. The molecule has 2 aliphatic rings. The van der Waals surface area contributed by atoms with Gasteiger partial charge < -0.3 is 9.64 Å². The van der Waals surface area contributed by atoms with Crippen LogP contribution in [0.4, 0.5) is 0 Å². The largest absolute Gasteiger partial charge is 0.452 e. The molecular formula is C20H28N2O5S. The predicted molar refractivity (Wildman–Crippen MR) is 104 cm³/mol. The number of nitrogens with one attached hydrogen (secondary N) is 1. The standard InChI is InChI=1S/C20H28N2O5S/c1-2-22(17-8-4-3-5-9-17)19(23)14-27-20(24)15-7-6-10-18(13-15)28(25,26)21-16-11-12-16/h6-7,10,13,16-17,21H,2-5,8-9,11-12,14H2,1H3. The van der Waals surface area contributed by atoms with E-state index in [-0.39, 0.29) is 35.1 Å². The van der Waals surface area contributed by atoms with E-state index in [1.165, 1.54) is 30.7 Å². The summed E-state index contributed by atoms with van der Waals surface area (Å²) in [6.07, 6.45) is 7.07. The minimum absolute atomic E-state index is 0.0157. The smallest absolute Gasteiger partial charge is 0.338 e. The normalized spacial score (nSPS) is 17.9. The van der Waals surface area contributed by atoms with Crippen molar-refractivity contribution in [3.63, 3.8) is 0 Å². The summed E-state index contributed by atoms with van der Waals surface area (Å²) in [6.45, 7) is 2.18. The Morgan fingerprint density at radius 3 is 2.50 bits per heavy atom. The van der Waals surface area contributed by atoms with Crippen molar-refractivity contribution in [2.45, 2.75) is 68.8 Å². The second kappa shape index (κ2) is 9.05. The number of sulfonamides is 1. The maximum absolute atomic E-state index is 12.5. The van der Waals surface area contributed by atoms with E-state index in [0.29, 0.717) is 6.54 Å². The number of carbonyl (C=O) groups excluding carboxylic acids is 2. The van der Waals surface area contributed by atoms with E-state index in [2.05, 4.69) is 4.72 Å². The van der Waals surface area contributed by atoms with Crippen molar-refractivity contribution in [3.05, 3.63) is 29.8 Å².